The minimum absolute atomic E-state index is 0.144. The van der Waals surface area contributed by atoms with Crippen LogP contribution in [0.5, 0.6) is 0 Å². The van der Waals surface area contributed by atoms with Gasteiger partial charge in [0.2, 0.25) is 5.91 Å². The Labute approximate surface area is 137 Å². The SMILES string of the molecule is O=C(CC1CCCCC1)Nc1nc(CN2CCCCC2)cs1. The normalized spacial score (nSPS) is 20.9. The lowest BCUT2D eigenvalue weighted by Gasteiger charge is -2.25. The van der Waals surface area contributed by atoms with E-state index < -0.39 is 0 Å². The van der Waals surface area contributed by atoms with Gasteiger partial charge in [-0.15, -0.1) is 11.3 Å². The van der Waals surface area contributed by atoms with Crippen LogP contribution >= 0.6 is 11.3 Å². The lowest BCUT2D eigenvalue weighted by atomic mass is 9.87. The van der Waals surface area contributed by atoms with Crippen LogP contribution in [-0.2, 0) is 11.3 Å². The third-order valence-electron chi connectivity index (χ3n) is 4.83. The number of anilines is 1. The third kappa shape index (κ3) is 4.78. The molecule has 22 heavy (non-hydrogen) atoms. The summed E-state index contributed by atoms with van der Waals surface area (Å²) in [6, 6.07) is 0. The Morgan fingerprint density at radius 1 is 1.18 bits per heavy atom. The van der Waals surface area contributed by atoms with Gasteiger partial charge >= 0.3 is 0 Å². The lowest BCUT2D eigenvalue weighted by Crippen LogP contribution is -2.29. The molecule has 0 unspecified atom stereocenters. The van der Waals surface area contributed by atoms with Gasteiger partial charge in [-0.25, -0.2) is 4.98 Å². The van der Waals surface area contributed by atoms with Gasteiger partial charge in [-0.1, -0.05) is 25.7 Å². The Morgan fingerprint density at radius 2 is 1.91 bits per heavy atom. The van der Waals surface area contributed by atoms with Gasteiger partial charge in [-0.2, -0.15) is 0 Å². The van der Waals surface area contributed by atoms with Gasteiger partial charge in [0.05, 0.1) is 5.69 Å². The molecule has 1 amide bonds. The lowest BCUT2D eigenvalue weighted by molar-refractivity contribution is -0.117. The first kappa shape index (κ1) is 15.9. The highest BCUT2D eigenvalue weighted by Crippen LogP contribution is 2.27. The summed E-state index contributed by atoms with van der Waals surface area (Å²) in [7, 11) is 0. The molecular weight excluding hydrogens is 294 g/mol. The molecule has 1 aromatic heterocycles. The monoisotopic (exact) mass is 321 g/mol. The van der Waals surface area contributed by atoms with Crippen LogP contribution in [-0.4, -0.2) is 28.9 Å². The highest BCUT2D eigenvalue weighted by molar-refractivity contribution is 7.13. The van der Waals surface area contributed by atoms with Gasteiger partial charge in [0, 0.05) is 18.3 Å². The Morgan fingerprint density at radius 3 is 2.68 bits per heavy atom. The number of nitrogens with one attached hydrogen (secondary N) is 1. The Balaban J connectivity index is 1.45. The second kappa shape index (κ2) is 8.06. The van der Waals surface area contributed by atoms with E-state index in [1.165, 1.54) is 64.5 Å². The predicted octanol–water partition coefficient (Wildman–Crippen LogP) is 4.04. The van der Waals surface area contributed by atoms with E-state index in [9.17, 15) is 4.79 Å². The van der Waals surface area contributed by atoms with E-state index in [1.54, 1.807) is 11.3 Å². The van der Waals surface area contributed by atoms with Gasteiger partial charge in [0.1, 0.15) is 0 Å². The smallest absolute Gasteiger partial charge is 0.226 e. The van der Waals surface area contributed by atoms with E-state index in [0.29, 0.717) is 12.3 Å². The maximum absolute atomic E-state index is 12.1. The number of likely N-dealkylation sites (tertiary alicyclic amines) is 1. The summed E-state index contributed by atoms with van der Waals surface area (Å²) in [4.78, 5) is 19.2. The summed E-state index contributed by atoms with van der Waals surface area (Å²) < 4.78 is 0. The highest BCUT2D eigenvalue weighted by Gasteiger charge is 2.18. The largest absolute Gasteiger partial charge is 0.302 e. The second-order valence-electron chi connectivity index (χ2n) is 6.74. The first-order valence-corrected chi connectivity index (χ1v) is 9.64. The van der Waals surface area contributed by atoms with Crippen LogP contribution in [0.2, 0.25) is 0 Å². The average Bonchev–Trinajstić information content (AvgIpc) is 2.96. The molecule has 122 valence electrons. The number of hydrogen-bond acceptors (Lipinski definition) is 4. The number of amides is 1. The number of carbonyl (C=O) groups is 1. The number of hydrogen-bond donors (Lipinski definition) is 1. The van der Waals surface area contributed by atoms with E-state index in [2.05, 4.69) is 20.6 Å². The third-order valence-corrected chi connectivity index (χ3v) is 5.64. The maximum Gasteiger partial charge on any atom is 0.226 e. The fraction of sp³-hybridized carbons (Fsp3) is 0.765. The standard InChI is InChI=1S/C17H27N3OS/c21-16(11-14-7-3-1-4-8-14)19-17-18-15(13-22-17)12-20-9-5-2-6-10-20/h13-14H,1-12H2,(H,18,19,21). The molecule has 0 aromatic carbocycles. The number of carbonyl (C=O) groups excluding carboxylic acids is 1. The molecule has 2 fully saturated rings. The molecule has 1 N–H and O–H groups in total. The molecule has 2 aliphatic rings. The van der Waals surface area contributed by atoms with Crippen molar-refractivity contribution in [2.45, 2.75) is 64.3 Å². The topological polar surface area (TPSA) is 45.2 Å². The number of aromatic nitrogens is 1. The Kier molecular flexibility index (Phi) is 5.84. The van der Waals surface area contributed by atoms with Crippen LogP contribution in [0.1, 0.15) is 63.5 Å². The number of nitrogens with zero attached hydrogens (tertiary/aromatic N) is 2. The minimum atomic E-state index is 0.144. The summed E-state index contributed by atoms with van der Waals surface area (Å²) >= 11 is 1.56. The predicted molar refractivity (Wildman–Crippen MR) is 91.1 cm³/mol. The van der Waals surface area contributed by atoms with E-state index in [4.69, 9.17) is 0 Å². The Hall–Kier alpha value is -0.940. The molecule has 5 heteroatoms. The van der Waals surface area contributed by atoms with Crippen molar-refractivity contribution in [1.82, 2.24) is 9.88 Å². The molecule has 4 nitrogen and oxygen atoms in total. The van der Waals surface area contributed by atoms with Crippen molar-refractivity contribution in [2.24, 2.45) is 5.92 Å². The quantitative estimate of drug-likeness (QED) is 0.890. The summed E-state index contributed by atoms with van der Waals surface area (Å²) in [5, 5.41) is 5.86. The fourth-order valence-corrected chi connectivity index (χ4v) is 4.32. The molecule has 2 heterocycles. The van der Waals surface area contributed by atoms with Gasteiger partial charge < -0.3 is 5.32 Å². The van der Waals surface area contributed by atoms with E-state index in [-0.39, 0.29) is 5.91 Å². The van der Waals surface area contributed by atoms with Gasteiger partial charge in [-0.05, 0) is 44.7 Å². The number of rotatable bonds is 5. The molecule has 0 spiro atoms. The molecule has 1 saturated heterocycles. The van der Waals surface area contributed by atoms with Crippen LogP contribution in [0.25, 0.3) is 0 Å². The average molecular weight is 321 g/mol. The van der Waals surface area contributed by atoms with Crippen molar-refractivity contribution in [2.75, 3.05) is 18.4 Å². The molecule has 3 rings (SSSR count). The Bertz CT molecular complexity index is 476. The van der Waals surface area contributed by atoms with Gasteiger partial charge in [0.15, 0.2) is 5.13 Å². The van der Waals surface area contributed by atoms with Crippen molar-refractivity contribution in [3.8, 4) is 0 Å². The first-order valence-electron chi connectivity index (χ1n) is 8.76. The minimum Gasteiger partial charge on any atom is -0.302 e. The van der Waals surface area contributed by atoms with Crippen LogP contribution in [0.3, 0.4) is 0 Å². The molecule has 1 aliphatic heterocycles. The van der Waals surface area contributed by atoms with Gasteiger partial charge in [-0.3, -0.25) is 9.69 Å². The maximum atomic E-state index is 12.1. The number of piperidine rings is 1. The first-order chi connectivity index (χ1) is 10.8. The second-order valence-corrected chi connectivity index (χ2v) is 7.60. The highest BCUT2D eigenvalue weighted by atomic mass is 32.1. The molecular formula is C17H27N3OS. The molecule has 0 radical (unpaired) electrons. The molecule has 0 bridgehead atoms. The van der Waals surface area contributed by atoms with E-state index in [1.807, 2.05) is 0 Å². The van der Waals surface area contributed by atoms with Crippen LogP contribution in [0.4, 0.5) is 5.13 Å². The zero-order valence-corrected chi connectivity index (χ0v) is 14.2. The summed E-state index contributed by atoms with van der Waals surface area (Å²) in [6.45, 7) is 3.29. The summed E-state index contributed by atoms with van der Waals surface area (Å²) in [5.41, 5.74) is 1.10. The van der Waals surface area contributed by atoms with E-state index >= 15 is 0 Å². The molecule has 1 saturated carbocycles. The van der Waals surface area contributed by atoms with E-state index in [0.717, 1.165) is 17.4 Å². The number of thiazole rings is 1. The van der Waals surface area contributed by atoms with Gasteiger partial charge in [0.25, 0.3) is 0 Å². The van der Waals surface area contributed by atoms with Crippen LogP contribution < -0.4 is 5.32 Å². The summed E-state index contributed by atoms with van der Waals surface area (Å²) in [6.07, 6.45) is 11.0. The van der Waals surface area contributed by atoms with Crippen LogP contribution in [0.15, 0.2) is 5.38 Å². The van der Waals surface area contributed by atoms with Crippen molar-refractivity contribution in [1.29, 1.82) is 0 Å². The zero-order chi connectivity index (χ0) is 15.2. The van der Waals surface area contributed by atoms with Crippen molar-refractivity contribution in [3.63, 3.8) is 0 Å². The van der Waals surface area contributed by atoms with Crippen molar-refractivity contribution < 1.29 is 4.79 Å². The molecule has 0 atom stereocenters. The molecule has 1 aliphatic carbocycles. The summed E-state index contributed by atoms with van der Waals surface area (Å²) in [5.74, 6) is 0.729. The fourth-order valence-electron chi connectivity index (χ4n) is 3.61. The molecule has 1 aromatic rings. The zero-order valence-electron chi connectivity index (χ0n) is 13.4. The van der Waals surface area contributed by atoms with Crippen molar-refractivity contribution >= 4 is 22.4 Å². The van der Waals surface area contributed by atoms with Crippen molar-refractivity contribution in [3.05, 3.63) is 11.1 Å². The van der Waals surface area contributed by atoms with Crippen LogP contribution in [0, 0.1) is 5.92 Å².